The van der Waals surface area contributed by atoms with E-state index in [2.05, 4.69) is 20.8 Å². The van der Waals surface area contributed by atoms with E-state index in [1.165, 1.54) is 12.1 Å². The molecule has 0 aliphatic heterocycles. The van der Waals surface area contributed by atoms with Gasteiger partial charge in [-0.25, -0.2) is 14.4 Å². The molecule has 9 nitrogen and oxygen atoms in total. The summed E-state index contributed by atoms with van der Waals surface area (Å²) < 4.78 is 12.7. The van der Waals surface area contributed by atoms with Crippen LogP contribution in [-0.2, 0) is 0 Å². The average Bonchev–Trinajstić information content (AvgIpc) is 2.45. The summed E-state index contributed by atoms with van der Waals surface area (Å²) in [6.07, 6.45) is 1.01. The molecule has 4 N–H and O–H groups in total. The normalized spacial score (nSPS) is 9.95. The highest BCUT2D eigenvalue weighted by Crippen LogP contribution is 2.25. The molecule has 1 aromatic heterocycles. The molecule has 0 saturated heterocycles. The maximum atomic E-state index is 12.7. The Balaban J connectivity index is 2.13. The van der Waals surface area contributed by atoms with Gasteiger partial charge in [-0.2, -0.15) is 0 Å². The summed E-state index contributed by atoms with van der Waals surface area (Å²) in [4.78, 5) is 28.9. The lowest BCUT2D eigenvalue weighted by Crippen LogP contribution is -2.30. The van der Waals surface area contributed by atoms with Crippen molar-refractivity contribution in [1.29, 1.82) is 0 Å². The van der Waals surface area contributed by atoms with Gasteiger partial charge in [-0.05, 0) is 24.3 Å². The Hall–Kier alpha value is -3.30. The van der Waals surface area contributed by atoms with Gasteiger partial charge in [0.15, 0.2) is 0 Å². The van der Waals surface area contributed by atoms with E-state index < -0.39 is 22.3 Å². The molecule has 0 unspecified atom stereocenters. The van der Waals surface area contributed by atoms with E-state index in [-0.39, 0.29) is 17.2 Å². The van der Waals surface area contributed by atoms with Crippen LogP contribution in [0.3, 0.4) is 0 Å². The molecule has 0 aliphatic carbocycles. The van der Waals surface area contributed by atoms with Gasteiger partial charge in [0.25, 0.3) is 5.91 Å². The number of rotatable bonds is 4. The highest BCUT2D eigenvalue weighted by Gasteiger charge is 2.21. The fraction of sp³-hybridized carbons (Fsp3) is 0. The fourth-order valence-corrected chi connectivity index (χ4v) is 1.45. The van der Waals surface area contributed by atoms with Gasteiger partial charge < -0.3 is 5.73 Å². The second kappa shape index (κ2) is 5.77. The molecular weight excluding hydrogens is 283 g/mol. The molecule has 1 aromatic carbocycles. The number of hydrogen-bond donors (Lipinski definition) is 3. The zero-order valence-corrected chi connectivity index (χ0v) is 10.4. The minimum absolute atomic E-state index is 0.161. The third-order valence-electron chi connectivity index (χ3n) is 2.43. The van der Waals surface area contributed by atoms with Gasteiger partial charge in [-0.1, -0.05) is 0 Å². The van der Waals surface area contributed by atoms with Crippen molar-refractivity contribution >= 4 is 23.2 Å². The zero-order valence-electron chi connectivity index (χ0n) is 10.4. The standard InChI is InChI=1S/C11H9FN6O3/c12-7-3-1-6(2-4-7)11(19)17-16-10-8(18(20)21)9(13)14-5-15-10/h1-5H,(H,17,19)(H3,13,14,15,16). The molecule has 10 heteroatoms. The molecule has 2 aromatic rings. The molecule has 1 amide bonds. The predicted molar refractivity (Wildman–Crippen MR) is 70.6 cm³/mol. The predicted octanol–water partition coefficient (Wildman–Crippen LogP) is 0.863. The maximum absolute atomic E-state index is 12.7. The van der Waals surface area contributed by atoms with Crippen molar-refractivity contribution in [1.82, 2.24) is 15.4 Å². The Morgan fingerprint density at radius 1 is 1.29 bits per heavy atom. The summed E-state index contributed by atoms with van der Waals surface area (Å²) in [6, 6.07) is 4.74. The summed E-state index contributed by atoms with van der Waals surface area (Å²) in [5.41, 5.74) is 9.45. The number of nitrogens with one attached hydrogen (secondary N) is 2. The quantitative estimate of drug-likeness (QED) is 0.561. The summed E-state index contributed by atoms with van der Waals surface area (Å²) in [5, 5.41) is 10.8. The van der Waals surface area contributed by atoms with E-state index >= 15 is 0 Å². The SMILES string of the molecule is Nc1ncnc(NNC(=O)c2ccc(F)cc2)c1[N+](=O)[O-]. The molecule has 0 radical (unpaired) electrons. The molecule has 0 fully saturated rings. The molecular formula is C11H9FN6O3. The van der Waals surface area contributed by atoms with Crippen LogP contribution in [0.4, 0.5) is 21.7 Å². The molecule has 1 heterocycles. The minimum Gasteiger partial charge on any atom is -0.378 e. The highest BCUT2D eigenvalue weighted by molar-refractivity contribution is 5.95. The molecule has 0 aliphatic rings. The van der Waals surface area contributed by atoms with Crippen molar-refractivity contribution in [2.45, 2.75) is 0 Å². The summed E-state index contributed by atoms with van der Waals surface area (Å²) in [7, 11) is 0. The van der Waals surface area contributed by atoms with Gasteiger partial charge in [0, 0.05) is 5.56 Å². The second-order valence-electron chi connectivity index (χ2n) is 3.80. The Kier molecular flexibility index (Phi) is 3.88. The van der Waals surface area contributed by atoms with Crippen LogP contribution in [0.5, 0.6) is 0 Å². The van der Waals surface area contributed by atoms with Crippen molar-refractivity contribution in [3.8, 4) is 0 Å². The Labute approximate surface area is 117 Å². The molecule has 0 atom stereocenters. The third-order valence-corrected chi connectivity index (χ3v) is 2.43. The van der Waals surface area contributed by atoms with Gasteiger partial charge >= 0.3 is 5.69 Å². The number of benzene rings is 1. The van der Waals surface area contributed by atoms with Crippen LogP contribution in [0.2, 0.25) is 0 Å². The number of nitro groups is 1. The largest absolute Gasteiger partial charge is 0.378 e. The monoisotopic (exact) mass is 292 g/mol. The highest BCUT2D eigenvalue weighted by atomic mass is 19.1. The van der Waals surface area contributed by atoms with E-state index in [1.807, 2.05) is 0 Å². The van der Waals surface area contributed by atoms with Crippen LogP contribution in [0.1, 0.15) is 10.4 Å². The van der Waals surface area contributed by atoms with Gasteiger partial charge in [0.05, 0.1) is 4.92 Å². The van der Waals surface area contributed by atoms with E-state index in [0.29, 0.717) is 0 Å². The van der Waals surface area contributed by atoms with Crippen LogP contribution in [0, 0.1) is 15.9 Å². The number of nitrogen functional groups attached to an aromatic ring is 1. The number of carbonyl (C=O) groups excluding carboxylic acids is 1. The fourth-order valence-electron chi connectivity index (χ4n) is 1.45. The molecule has 2 rings (SSSR count). The first-order valence-corrected chi connectivity index (χ1v) is 5.56. The van der Waals surface area contributed by atoms with Crippen LogP contribution in [0.15, 0.2) is 30.6 Å². The van der Waals surface area contributed by atoms with Gasteiger partial charge in [-0.3, -0.25) is 25.8 Å². The number of carbonyl (C=O) groups is 1. The first-order chi connectivity index (χ1) is 9.99. The molecule has 0 bridgehead atoms. The lowest BCUT2D eigenvalue weighted by Gasteiger charge is -2.08. The van der Waals surface area contributed by atoms with E-state index in [9.17, 15) is 19.3 Å². The van der Waals surface area contributed by atoms with Crippen molar-refractivity contribution in [3.05, 3.63) is 52.1 Å². The lowest BCUT2D eigenvalue weighted by molar-refractivity contribution is -0.383. The molecule has 0 spiro atoms. The van der Waals surface area contributed by atoms with Crippen molar-refractivity contribution in [2.75, 3.05) is 11.2 Å². The minimum atomic E-state index is -0.776. The number of aromatic nitrogens is 2. The van der Waals surface area contributed by atoms with E-state index in [0.717, 1.165) is 18.5 Å². The van der Waals surface area contributed by atoms with Gasteiger partial charge in [-0.15, -0.1) is 0 Å². The van der Waals surface area contributed by atoms with Crippen molar-refractivity contribution in [3.63, 3.8) is 0 Å². The van der Waals surface area contributed by atoms with Gasteiger partial charge in [0.2, 0.25) is 11.6 Å². The smallest absolute Gasteiger partial charge is 0.354 e. The topological polar surface area (TPSA) is 136 Å². The number of nitrogens with zero attached hydrogens (tertiary/aromatic N) is 3. The number of nitrogens with two attached hydrogens (primary N) is 1. The first kappa shape index (κ1) is 14.1. The Morgan fingerprint density at radius 2 is 1.95 bits per heavy atom. The van der Waals surface area contributed by atoms with Crippen LogP contribution in [0.25, 0.3) is 0 Å². The number of hydrazine groups is 1. The third kappa shape index (κ3) is 3.18. The second-order valence-corrected chi connectivity index (χ2v) is 3.80. The Morgan fingerprint density at radius 3 is 2.57 bits per heavy atom. The first-order valence-electron chi connectivity index (χ1n) is 5.56. The summed E-state index contributed by atoms with van der Waals surface area (Å²) in [6.45, 7) is 0. The van der Waals surface area contributed by atoms with Crippen molar-refractivity contribution in [2.24, 2.45) is 0 Å². The molecule has 0 saturated carbocycles. The number of hydrogen-bond acceptors (Lipinski definition) is 7. The molecule has 21 heavy (non-hydrogen) atoms. The van der Waals surface area contributed by atoms with Crippen LogP contribution >= 0.6 is 0 Å². The van der Waals surface area contributed by atoms with Crippen LogP contribution in [-0.4, -0.2) is 20.8 Å². The maximum Gasteiger partial charge on any atom is 0.354 e. The van der Waals surface area contributed by atoms with Gasteiger partial charge in [0.1, 0.15) is 12.1 Å². The zero-order chi connectivity index (χ0) is 15.4. The summed E-state index contributed by atoms with van der Waals surface area (Å²) >= 11 is 0. The summed E-state index contributed by atoms with van der Waals surface area (Å²) in [5.74, 6) is -1.71. The average molecular weight is 292 g/mol. The number of halogens is 1. The van der Waals surface area contributed by atoms with E-state index in [1.54, 1.807) is 0 Å². The van der Waals surface area contributed by atoms with Crippen molar-refractivity contribution < 1.29 is 14.1 Å². The van der Waals surface area contributed by atoms with Crippen LogP contribution < -0.4 is 16.6 Å². The number of anilines is 2. The van der Waals surface area contributed by atoms with E-state index in [4.69, 9.17) is 5.73 Å². The molecule has 108 valence electrons. The number of amides is 1. The Bertz CT molecular complexity index is 691. The lowest BCUT2D eigenvalue weighted by atomic mass is 10.2.